The third-order valence-electron chi connectivity index (χ3n) is 4.52. The van der Waals surface area contributed by atoms with Crippen molar-refractivity contribution in [1.82, 2.24) is 4.90 Å². The van der Waals surface area contributed by atoms with Crippen molar-refractivity contribution in [2.75, 3.05) is 13.1 Å². The average Bonchev–Trinajstić information content (AvgIpc) is 2.55. The molecule has 2 heterocycles. The maximum atomic E-state index is 14.5. The largest absolute Gasteiger partial charge is 0.493 e. The number of hydrogen-bond donors (Lipinski definition) is 0. The Morgan fingerprint density at radius 2 is 1.74 bits per heavy atom. The lowest BCUT2D eigenvalue weighted by molar-refractivity contribution is 0.00578. The van der Waals surface area contributed by atoms with Crippen LogP contribution in [0, 0.1) is 0 Å². The van der Waals surface area contributed by atoms with Crippen LogP contribution in [0.1, 0.15) is 54.9 Å². The molecule has 1 amide bonds. The molecule has 2 aliphatic rings. The maximum Gasteiger partial charge on any atom is 0.493 e. The third kappa shape index (κ3) is 3.88. The molecule has 0 spiro atoms. The van der Waals surface area contributed by atoms with E-state index >= 15 is 0 Å². The van der Waals surface area contributed by atoms with Crippen molar-refractivity contribution in [3.8, 4) is 0 Å². The summed E-state index contributed by atoms with van der Waals surface area (Å²) in [6, 6.07) is 0. The first-order valence-electron chi connectivity index (χ1n) is 8.03. The number of rotatable bonds is 1. The summed E-state index contributed by atoms with van der Waals surface area (Å²) >= 11 is 0. The van der Waals surface area contributed by atoms with Gasteiger partial charge in [-0.3, -0.25) is 0 Å². The van der Waals surface area contributed by atoms with E-state index in [1.54, 1.807) is 20.8 Å². The number of halogens is 1. The highest BCUT2D eigenvalue weighted by atomic mass is 19.1. The molecule has 0 radical (unpaired) electrons. The van der Waals surface area contributed by atoms with Crippen LogP contribution in [-0.2, 0) is 14.0 Å². The van der Waals surface area contributed by atoms with Gasteiger partial charge < -0.3 is 18.9 Å². The molecule has 1 fully saturated rings. The molecule has 0 aliphatic carbocycles. The van der Waals surface area contributed by atoms with Crippen molar-refractivity contribution in [3.05, 3.63) is 11.3 Å². The Kier molecular flexibility index (Phi) is 4.59. The van der Waals surface area contributed by atoms with Crippen LogP contribution >= 0.6 is 0 Å². The highest BCUT2D eigenvalue weighted by Gasteiger charge is 2.53. The molecule has 1 saturated heterocycles. The molecule has 0 aromatic rings. The van der Waals surface area contributed by atoms with Crippen molar-refractivity contribution in [1.29, 1.82) is 0 Å². The van der Waals surface area contributed by atoms with Gasteiger partial charge in [-0.1, -0.05) is 0 Å². The quantitative estimate of drug-likeness (QED) is 0.692. The molecular weight excluding hydrogens is 300 g/mol. The molecule has 0 bridgehead atoms. The van der Waals surface area contributed by atoms with Crippen LogP contribution in [0.4, 0.5) is 9.18 Å². The average molecular weight is 327 g/mol. The number of amides is 1. The summed E-state index contributed by atoms with van der Waals surface area (Å²) in [7, 11) is -0.694. The van der Waals surface area contributed by atoms with Crippen LogP contribution in [-0.4, -0.2) is 48.0 Å². The molecule has 0 aromatic carbocycles. The van der Waals surface area contributed by atoms with Gasteiger partial charge >= 0.3 is 13.2 Å². The van der Waals surface area contributed by atoms with Gasteiger partial charge in [-0.05, 0) is 60.4 Å². The zero-order chi connectivity index (χ0) is 17.6. The lowest BCUT2D eigenvalue weighted by Gasteiger charge is -2.32. The van der Waals surface area contributed by atoms with Crippen molar-refractivity contribution >= 4 is 13.2 Å². The van der Waals surface area contributed by atoms with Gasteiger partial charge in [0.2, 0.25) is 0 Å². The Balaban J connectivity index is 2.07. The zero-order valence-electron chi connectivity index (χ0n) is 15.2. The van der Waals surface area contributed by atoms with Gasteiger partial charge in [-0.25, -0.2) is 9.18 Å². The topological polar surface area (TPSA) is 48.0 Å². The maximum absolute atomic E-state index is 14.5. The lowest BCUT2D eigenvalue weighted by Crippen LogP contribution is -2.42. The van der Waals surface area contributed by atoms with Gasteiger partial charge in [0, 0.05) is 6.54 Å². The summed E-state index contributed by atoms with van der Waals surface area (Å²) in [5.74, 6) is -0.374. The molecule has 2 aliphatic heterocycles. The Hall–Kier alpha value is -1.08. The minimum Gasteiger partial charge on any atom is -0.444 e. The molecule has 130 valence electrons. The Morgan fingerprint density at radius 3 is 2.17 bits per heavy atom. The van der Waals surface area contributed by atoms with Gasteiger partial charge in [0.15, 0.2) is 0 Å². The fourth-order valence-electron chi connectivity index (χ4n) is 2.45. The predicted molar refractivity (Wildman–Crippen MR) is 86.6 cm³/mol. The Bertz CT molecular complexity index is 509. The summed E-state index contributed by atoms with van der Waals surface area (Å²) in [6.07, 6.45) is -0.123. The summed E-state index contributed by atoms with van der Waals surface area (Å²) in [5.41, 5.74) is -1.12. The molecule has 0 aromatic heterocycles. The van der Waals surface area contributed by atoms with E-state index in [1.165, 1.54) is 4.90 Å². The molecule has 23 heavy (non-hydrogen) atoms. The molecule has 0 atom stereocenters. The summed E-state index contributed by atoms with van der Waals surface area (Å²) in [6.45, 7) is 13.4. The summed E-state index contributed by atoms with van der Waals surface area (Å²) < 4.78 is 31.6. The minimum absolute atomic E-state index is 0.103. The number of carbonyl (C=O) groups excluding carboxylic acids is 1. The highest BCUT2D eigenvalue weighted by molar-refractivity contribution is 6.54. The normalized spacial score (nSPS) is 24.2. The van der Waals surface area contributed by atoms with Crippen LogP contribution in [0.15, 0.2) is 11.3 Å². The van der Waals surface area contributed by atoms with Gasteiger partial charge in [-0.2, -0.15) is 0 Å². The van der Waals surface area contributed by atoms with E-state index in [4.69, 9.17) is 14.0 Å². The monoisotopic (exact) mass is 327 g/mol. The van der Waals surface area contributed by atoms with Crippen LogP contribution in [0.2, 0.25) is 0 Å². The van der Waals surface area contributed by atoms with Gasteiger partial charge in [0.05, 0.1) is 17.7 Å². The fraction of sp³-hybridized carbons (Fsp3) is 0.812. The van der Waals surface area contributed by atoms with Crippen molar-refractivity contribution in [2.45, 2.75) is 71.7 Å². The van der Waals surface area contributed by atoms with E-state index in [0.717, 1.165) is 0 Å². The zero-order valence-corrected chi connectivity index (χ0v) is 15.2. The molecule has 5 nitrogen and oxygen atoms in total. The van der Waals surface area contributed by atoms with Crippen molar-refractivity contribution in [3.63, 3.8) is 0 Å². The van der Waals surface area contributed by atoms with E-state index in [-0.39, 0.29) is 12.4 Å². The van der Waals surface area contributed by atoms with Gasteiger partial charge in [-0.15, -0.1) is 0 Å². The SMILES string of the molecule is CC(C)(C)OC(=O)N1CCC(B2OC(C)(C)C(C)(C)O2)=C(F)C1. The number of nitrogens with zero attached hydrogens (tertiary/aromatic N) is 1. The Morgan fingerprint density at radius 1 is 1.22 bits per heavy atom. The van der Waals surface area contributed by atoms with Gasteiger partial charge in [0.25, 0.3) is 0 Å². The molecule has 2 rings (SSSR count). The molecule has 0 N–H and O–H groups in total. The second-order valence-electron chi connectivity index (χ2n) is 8.17. The second kappa shape index (κ2) is 5.78. The number of carbonyl (C=O) groups is 1. The van der Waals surface area contributed by atoms with Crippen LogP contribution in [0.25, 0.3) is 0 Å². The number of ether oxygens (including phenoxy) is 1. The first kappa shape index (κ1) is 18.3. The van der Waals surface area contributed by atoms with E-state index in [2.05, 4.69) is 0 Å². The molecule has 0 unspecified atom stereocenters. The van der Waals surface area contributed by atoms with E-state index in [1.807, 2.05) is 27.7 Å². The summed E-state index contributed by atoms with van der Waals surface area (Å²) in [5, 5.41) is 0. The van der Waals surface area contributed by atoms with E-state index in [0.29, 0.717) is 18.4 Å². The minimum atomic E-state index is -0.694. The van der Waals surface area contributed by atoms with Crippen molar-refractivity contribution < 1.29 is 23.2 Å². The lowest BCUT2D eigenvalue weighted by atomic mass is 9.74. The highest BCUT2D eigenvalue weighted by Crippen LogP contribution is 2.40. The van der Waals surface area contributed by atoms with Crippen LogP contribution < -0.4 is 0 Å². The van der Waals surface area contributed by atoms with Crippen LogP contribution in [0.3, 0.4) is 0 Å². The van der Waals surface area contributed by atoms with E-state index in [9.17, 15) is 9.18 Å². The standard InChI is InChI=1S/C16H27BFNO4/c1-14(2,3)21-13(20)19-9-8-11(12(18)10-19)17-22-15(4,5)16(6,7)23-17/h8-10H2,1-7H3. The molecule has 0 saturated carbocycles. The molecular formula is C16H27BFNO4. The first-order chi connectivity index (χ1) is 10.3. The second-order valence-corrected chi connectivity index (χ2v) is 8.17. The van der Waals surface area contributed by atoms with Crippen molar-refractivity contribution in [2.24, 2.45) is 0 Å². The van der Waals surface area contributed by atoms with Crippen LogP contribution in [0.5, 0.6) is 0 Å². The summed E-state index contributed by atoms with van der Waals surface area (Å²) in [4.78, 5) is 13.4. The Labute approximate surface area is 138 Å². The smallest absolute Gasteiger partial charge is 0.444 e. The number of hydrogen-bond acceptors (Lipinski definition) is 4. The first-order valence-corrected chi connectivity index (χ1v) is 8.03. The third-order valence-corrected chi connectivity index (χ3v) is 4.52. The molecule has 7 heteroatoms. The van der Waals surface area contributed by atoms with Gasteiger partial charge in [0.1, 0.15) is 11.4 Å². The van der Waals surface area contributed by atoms with E-state index < -0.39 is 30.0 Å². The fourth-order valence-corrected chi connectivity index (χ4v) is 2.45. The predicted octanol–water partition coefficient (Wildman–Crippen LogP) is 3.48.